The van der Waals surface area contributed by atoms with Gasteiger partial charge in [0.15, 0.2) is 0 Å². The second-order valence-electron chi connectivity index (χ2n) is 32.4. The standard InChI is InChI=1S/C82H164O2.6C2H4O2/c1-14-27-39-51-63-76(75-78(77(83)84-26-13,64-52-40-28-15-2)65-53-41-29-16-3)80(69-57-45-33-20-7,70-58-46-34-21-8)82(73-61-49-37-24-11,74-62-50-38-25-12)81(71-59-47-35-22-9,72-60-48-36-23-10)79(66-54-42-30-17-4,67-55-43-31-18-5)68-56-44-32-19-6;6*1-2(3)4/h76H,14-75H2,1-13H3;6*1H3,(H,3,4). The quantitative estimate of drug-likeness (QED) is 0.0245. The Balaban J connectivity index is -0.000000734. The van der Waals surface area contributed by atoms with Crippen molar-refractivity contribution in [2.75, 3.05) is 6.61 Å². The molecule has 0 aliphatic carbocycles. The first-order chi connectivity index (χ1) is 51.5. The van der Waals surface area contributed by atoms with Gasteiger partial charge in [0.25, 0.3) is 35.8 Å². The van der Waals surface area contributed by atoms with E-state index in [1.807, 2.05) is 0 Å². The molecule has 0 aromatic carbocycles. The van der Waals surface area contributed by atoms with Crippen LogP contribution in [0.25, 0.3) is 0 Å². The van der Waals surface area contributed by atoms with E-state index in [-0.39, 0.29) is 22.2 Å². The Morgan fingerprint density at radius 1 is 0.241 bits per heavy atom. The fourth-order valence-corrected chi connectivity index (χ4v) is 18.1. The van der Waals surface area contributed by atoms with Gasteiger partial charge in [-0.3, -0.25) is 33.6 Å². The van der Waals surface area contributed by atoms with E-state index >= 15 is 4.79 Å². The molecular weight excluding hydrogens is 1350 g/mol. The number of carbonyl (C=O) groups is 7. The van der Waals surface area contributed by atoms with Crippen LogP contribution < -0.4 is 0 Å². The van der Waals surface area contributed by atoms with Crippen molar-refractivity contribution in [2.45, 2.75) is 523 Å². The van der Waals surface area contributed by atoms with Crippen LogP contribution in [0.2, 0.25) is 0 Å². The molecule has 0 aromatic heterocycles. The van der Waals surface area contributed by atoms with Gasteiger partial charge in [-0.1, -0.05) is 391 Å². The van der Waals surface area contributed by atoms with E-state index in [1.54, 1.807) is 0 Å². The van der Waals surface area contributed by atoms with Gasteiger partial charge in [-0.25, -0.2) is 0 Å². The summed E-state index contributed by atoms with van der Waals surface area (Å²) >= 11 is 0. The van der Waals surface area contributed by atoms with Crippen molar-refractivity contribution < 1.29 is 68.9 Å². The van der Waals surface area contributed by atoms with Crippen LogP contribution in [0.3, 0.4) is 0 Å². The third-order valence-corrected chi connectivity index (χ3v) is 22.7. The van der Waals surface area contributed by atoms with Crippen LogP contribution in [0.1, 0.15) is 523 Å². The number of carbonyl (C=O) groups excluding carboxylic acids is 1. The topological polar surface area (TPSA) is 250 Å². The van der Waals surface area contributed by atoms with Crippen LogP contribution in [0, 0.1) is 33.0 Å². The van der Waals surface area contributed by atoms with E-state index in [9.17, 15) is 0 Å². The molecule has 0 radical (unpaired) electrons. The Morgan fingerprint density at radius 2 is 0.426 bits per heavy atom. The number of carboxylic acids is 6. The smallest absolute Gasteiger partial charge is 0.312 e. The number of esters is 1. The lowest BCUT2D eigenvalue weighted by molar-refractivity contribution is -0.225. The molecule has 0 heterocycles. The van der Waals surface area contributed by atoms with Crippen molar-refractivity contribution >= 4 is 41.8 Å². The number of carboxylic acid groups (broad SMARTS) is 6. The highest BCUT2D eigenvalue weighted by molar-refractivity contribution is 5.77. The highest BCUT2D eigenvalue weighted by Gasteiger charge is 2.68. The molecule has 0 aliphatic heterocycles. The molecule has 0 saturated carbocycles. The average Bonchev–Trinajstić information content (AvgIpc) is 0.688. The molecule has 0 aromatic rings. The normalized spacial score (nSPS) is 11.6. The number of unbranched alkanes of at least 4 members (excludes halogenated alkanes) is 36. The maximum Gasteiger partial charge on any atom is 0.312 e. The number of aliphatic carboxylic acids is 6. The fourth-order valence-electron chi connectivity index (χ4n) is 18.1. The third-order valence-electron chi connectivity index (χ3n) is 22.7. The van der Waals surface area contributed by atoms with Crippen molar-refractivity contribution in [1.29, 1.82) is 0 Å². The van der Waals surface area contributed by atoms with Gasteiger partial charge in [-0.15, -0.1) is 0 Å². The molecule has 0 bridgehead atoms. The fraction of sp³-hybridized carbons (Fsp3) is 0.926. The summed E-state index contributed by atoms with van der Waals surface area (Å²) in [7, 11) is 0. The van der Waals surface area contributed by atoms with Gasteiger partial charge in [-0.05, 0) is 118 Å². The molecule has 108 heavy (non-hydrogen) atoms. The van der Waals surface area contributed by atoms with Crippen molar-refractivity contribution in [2.24, 2.45) is 33.0 Å². The molecule has 1 atom stereocenters. The van der Waals surface area contributed by atoms with Gasteiger partial charge in [0.1, 0.15) is 0 Å². The maximum absolute atomic E-state index is 16.0. The van der Waals surface area contributed by atoms with E-state index in [0.29, 0.717) is 17.9 Å². The molecular formula is C94H188O14. The summed E-state index contributed by atoms with van der Waals surface area (Å²) in [6.07, 6.45) is 82.6. The van der Waals surface area contributed by atoms with Crippen LogP contribution in [0.5, 0.6) is 0 Å². The first-order valence-electron chi connectivity index (χ1n) is 45.8. The largest absolute Gasteiger partial charge is 0.481 e. The number of ether oxygens (including phenoxy) is 1. The van der Waals surface area contributed by atoms with Gasteiger partial charge in [0.2, 0.25) is 0 Å². The highest BCUT2D eigenvalue weighted by Crippen LogP contribution is 2.76. The Bertz CT molecular complexity index is 1790. The summed E-state index contributed by atoms with van der Waals surface area (Å²) in [6.45, 7) is 38.7. The summed E-state index contributed by atoms with van der Waals surface area (Å²) in [4.78, 5) is 70.0. The summed E-state index contributed by atoms with van der Waals surface area (Å²) in [5.41, 5.74) is 0.499. The molecule has 14 nitrogen and oxygen atoms in total. The van der Waals surface area contributed by atoms with E-state index in [4.69, 9.17) is 64.1 Å². The Labute approximate surface area is 670 Å². The average molecular weight is 1540 g/mol. The van der Waals surface area contributed by atoms with E-state index in [1.165, 1.54) is 372 Å². The molecule has 1 unspecified atom stereocenters. The highest BCUT2D eigenvalue weighted by atomic mass is 16.5. The summed E-state index contributed by atoms with van der Waals surface area (Å²) < 4.78 is 6.70. The van der Waals surface area contributed by atoms with Crippen molar-refractivity contribution in [3.63, 3.8) is 0 Å². The first-order valence-corrected chi connectivity index (χ1v) is 45.8. The number of hydrogen-bond donors (Lipinski definition) is 6. The van der Waals surface area contributed by atoms with Gasteiger partial charge >= 0.3 is 5.97 Å². The number of hydrogen-bond acceptors (Lipinski definition) is 8. The Kier molecular flexibility index (Phi) is 91.7. The van der Waals surface area contributed by atoms with Gasteiger partial charge in [-0.2, -0.15) is 0 Å². The number of rotatable bonds is 68. The minimum atomic E-state index is -0.833. The molecule has 6 N–H and O–H groups in total. The van der Waals surface area contributed by atoms with Gasteiger partial charge < -0.3 is 35.4 Å². The van der Waals surface area contributed by atoms with Gasteiger partial charge in [0, 0.05) is 41.5 Å². The Morgan fingerprint density at radius 3 is 0.639 bits per heavy atom. The van der Waals surface area contributed by atoms with E-state index < -0.39 is 41.2 Å². The Hall–Kier alpha value is -3.71. The predicted octanol–water partition coefficient (Wildman–Crippen LogP) is 30.7. The molecule has 0 aliphatic rings. The van der Waals surface area contributed by atoms with E-state index in [0.717, 1.165) is 60.8 Å². The van der Waals surface area contributed by atoms with Crippen LogP contribution in [0.15, 0.2) is 0 Å². The first kappa shape index (κ1) is 118. The predicted molar refractivity (Wildman–Crippen MR) is 462 cm³/mol. The molecule has 0 spiro atoms. The minimum Gasteiger partial charge on any atom is -0.481 e. The second kappa shape index (κ2) is 84.2. The second-order valence-corrected chi connectivity index (χ2v) is 32.4. The van der Waals surface area contributed by atoms with Crippen LogP contribution >= 0.6 is 0 Å². The zero-order chi connectivity index (χ0) is 83.7. The van der Waals surface area contributed by atoms with E-state index in [2.05, 4.69) is 90.0 Å². The SMILES string of the molecule is CC(=O)O.CC(=O)O.CC(=O)O.CC(=O)O.CC(=O)O.CC(=O)O.CCCCCCC(CC(CCCCCC)(CCCCCC)C(=O)OCC)C(CCCCCC)(CCCCCC)C(CCCCCC)(CCCCCC)C(CCCCCC)(CCCCCC)C(CCCCCC)(CCCCCC)CCCCCC. The molecule has 14 heteroatoms. The third kappa shape index (κ3) is 65.8. The lowest BCUT2D eigenvalue weighted by Gasteiger charge is -2.71. The molecule has 0 rings (SSSR count). The monoisotopic (exact) mass is 1540 g/mol. The summed E-state index contributed by atoms with van der Waals surface area (Å²) in [5.74, 6) is -4.25. The molecule has 0 fully saturated rings. The lowest BCUT2D eigenvalue weighted by atomic mass is 9.33. The lowest BCUT2D eigenvalue weighted by Crippen LogP contribution is -2.63. The van der Waals surface area contributed by atoms with Crippen molar-refractivity contribution in [3.05, 3.63) is 0 Å². The zero-order valence-electron chi connectivity index (χ0n) is 75.4. The molecule has 648 valence electrons. The van der Waals surface area contributed by atoms with Crippen LogP contribution in [-0.2, 0) is 38.3 Å². The molecule has 0 amide bonds. The summed E-state index contributed by atoms with van der Waals surface area (Å²) in [6, 6.07) is 0. The maximum atomic E-state index is 16.0. The van der Waals surface area contributed by atoms with Crippen molar-refractivity contribution in [3.8, 4) is 0 Å². The molecule has 0 saturated heterocycles. The zero-order valence-corrected chi connectivity index (χ0v) is 75.4. The minimum absolute atomic E-state index is 0.153. The van der Waals surface area contributed by atoms with Crippen molar-refractivity contribution in [1.82, 2.24) is 0 Å². The van der Waals surface area contributed by atoms with Gasteiger partial charge in [0.05, 0.1) is 12.0 Å². The van der Waals surface area contributed by atoms with Crippen LogP contribution in [0.4, 0.5) is 0 Å². The van der Waals surface area contributed by atoms with Crippen LogP contribution in [-0.4, -0.2) is 79.0 Å². The summed E-state index contributed by atoms with van der Waals surface area (Å²) in [5, 5.41) is 44.5.